The normalized spacial score (nSPS) is 15.9. The molecular formula is C20H23FN2O4S. The zero-order chi connectivity index (χ0) is 20.1. The predicted molar refractivity (Wildman–Crippen MR) is 103 cm³/mol. The summed E-state index contributed by atoms with van der Waals surface area (Å²) < 4.78 is 45.6. The van der Waals surface area contributed by atoms with Crippen molar-refractivity contribution in [3.05, 3.63) is 59.9 Å². The molecule has 1 aliphatic heterocycles. The molecule has 28 heavy (non-hydrogen) atoms. The highest BCUT2D eigenvalue weighted by atomic mass is 32.2. The number of halogens is 1. The molecule has 0 bridgehead atoms. The molecule has 1 heterocycles. The van der Waals surface area contributed by atoms with E-state index in [0.717, 1.165) is 0 Å². The van der Waals surface area contributed by atoms with Gasteiger partial charge >= 0.3 is 0 Å². The minimum absolute atomic E-state index is 0.121. The number of hydrogen-bond acceptors (Lipinski definition) is 4. The summed E-state index contributed by atoms with van der Waals surface area (Å²) in [5, 5.41) is 2.75. The van der Waals surface area contributed by atoms with Crippen LogP contribution in [0.2, 0.25) is 0 Å². The van der Waals surface area contributed by atoms with E-state index in [1.807, 2.05) is 0 Å². The third-order valence-corrected chi connectivity index (χ3v) is 6.85. The average molecular weight is 406 g/mol. The topological polar surface area (TPSA) is 75.7 Å². The number of methoxy groups -OCH3 is 1. The lowest BCUT2D eigenvalue weighted by molar-refractivity contribution is -0.126. The number of carbonyl (C=O) groups is 1. The van der Waals surface area contributed by atoms with Crippen LogP contribution in [-0.2, 0) is 21.4 Å². The van der Waals surface area contributed by atoms with Gasteiger partial charge in [0.05, 0.1) is 12.0 Å². The highest BCUT2D eigenvalue weighted by Crippen LogP contribution is 2.25. The van der Waals surface area contributed by atoms with Crippen molar-refractivity contribution in [2.45, 2.75) is 24.3 Å². The fourth-order valence-corrected chi connectivity index (χ4v) is 4.69. The van der Waals surface area contributed by atoms with E-state index in [2.05, 4.69) is 5.32 Å². The average Bonchev–Trinajstić information content (AvgIpc) is 2.73. The molecule has 6 nitrogen and oxygen atoms in total. The van der Waals surface area contributed by atoms with Crippen molar-refractivity contribution in [2.75, 3.05) is 20.2 Å². The van der Waals surface area contributed by atoms with E-state index in [0.29, 0.717) is 24.2 Å². The lowest BCUT2D eigenvalue weighted by atomic mass is 9.97. The highest BCUT2D eigenvalue weighted by Gasteiger charge is 2.32. The molecule has 0 aliphatic carbocycles. The first-order valence-electron chi connectivity index (χ1n) is 9.07. The van der Waals surface area contributed by atoms with Gasteiger partial charge in [-0.2, -0.15) is 4.31 Å². The first kappa shape index (κ1) is 20.3. The van der Waals surface area contributed by atoms with E-state index >= 15 is 0 Å². The maximum absolute atomic E-state index is 13.6. The number of nitrogens with one attached hydrogen (secondary N) is 1. The van der Waals surface area contributed by atoms with E-state index in [9.17, 15) is 17.6 Å². The molecule has 2 aromatic rings. The second-order valence-corrected chi connectivity index (χ2v) is 8.60. The number of rotatable bonds is 6. The van der Waals surface area contributed by atoms with Crippen LogP contribution in [0.5, 0.6) is 5.75 Å². The summed E-state index contributed by atoms with van der Waals surface area (Å²) in [4.78, 5) is 12.6. The molecule has 0 radical (unpaired) electrons. The van der Waals surface area contributed by atoms with Crippen LogP contribution in [0, 0.1) is 11.7 Å². The summed E-state index contributed by atoms with van der Waals surface area (Å²) in [6, 6.07) is 12.5. The molecule has 2 aromatic carbocycles. The largest absolute Gasteiger partial charge is 0.497 e. The Bertz CT molecular complexity index is 923. The number of sulfonamides is 1. The fourth-order valence-electron chi connectivity index (χ4n) is 3.22. The van der Waals surface area contributed by atoms with Crippen LogP contribution in [0.15, 0.2) is 53.4 Å². The van der Waals surface area contributed by atoms with Crippen molar-refractivity contribution < 1.29 is 22.3 Å². The predicted octanol–water partition coefficient (Wildman–Crippen LogP) is 2.55. The van der Waals surface area contributed by atoms with Crippen molar-refractivity contribution in [1.29, 1.82) is 0 Å². The quantitative estimate of drug-likeness (QED) is 0.800. The summed E-state index contributed by atoms with van der Waals surface area (Å²) in [5.74, 6) is -0.230. The van der Waals surface area contributed by atoms with Gasteiger partial charge in [-0.3, -0.25) is 4.79 Å². The molecule has 8 heteroatoms. The van der Waals surface area contributed by atoms with Crippen molar-refractivity contribution in [3.63, 3.8) is 0 Å². The Morgan fingerprint density at radius 2 is 1.79 bits per heavy atom. The van der Waals surface area contributed by atoms with Gasteiger partial charge in [0.2, 0.25) is 15.9 Å². The molecule has 3 rings (SSSR count). The summed E-state index contributed by atoms with van der Waals surface area (Å²) in [6.45, 7) is 0.661. The van der Waals surface area contributed by atoms with Crippen molar-refractivity contribution >= 4 is 15.9 Å². The van der Waals surface area contributed by atoms with Gasteiger partial charge in [0.15, 0.2) is 0 Å². The molecule has 0 spiro atoms. The summed E-state index contributed by atoms with van der Waals surface area (Å²) >= 11 is 0. The third kappa shape index (κ3) is 4.51. The number of ether oxygens (including phenoxy) is 1. The van der Waals surface area contributed by atoms with Gasteiger partial charge in [0.25, 0.3) is 0 Å². The van der Waals surface area contributed by atoms with E-state index in [4.69, 9.17) is 4.74 Å². The Hall–Kier alpha value is -2.45. The van der Waals surface area contributed by atoms with Crippen LogP contribution in [-0.4, -0.2) is 38.8 Å². The van der Waals surface area contributed by atoms with E-state index in [1.54, 1.807) is 30.3 Å². The Morgan fingerprint density at radius 3 is 2.39 bits per heavy atom. The molecular weight excluding hydrogens is 383 g/mol. The Kier molecular flexibility index (Phi) is 6.31. The molecule has 0 unspecified atom stereocenters. The first-order valence-corrected chi connectivity index (χ1v) is 10.5. The Labute approximate surface area is 164 Å². The molecule has 1 N–H and O–H groups in total. The molecule has 1 aliphatic rings. The second kappa shape index (κ2) is 8.70. The van der Waals surface area contributed by atoms with Crippen molar-refractivity contribution in [2.24, 2.45) is 5.92 Å². The first-order chi connectivity index (χ1) is 13.4. The zero-order valence-corrected chi connectivity index (χ0v) is 16.4. The number of carbonyl (C=O) groups excluding carboxylic acids is 1. The molecule has 0 aromatic heterocycles. The fraction of sp³-hybridized carbons (Fsp3) is 0.350. The highest BCUT2D eigenvalue weighted by molar-refractivity contribution is 7.89. The van der Waals surface area contributed by atoms with E-state index in [1.165, 1.54) is 29.6 Å². The maximum atomic E-state index is 13.6. The van der Waals surface area contributed by atoms with Crippen molar-refractivity contribution in [1.82, 2.24) is 9.62 Å². The minimum Gasteiger partial charge on any atom is -0.497 e. The standard InChI is InChI=1S/C20H23FN2O4S/c1-27-17-6-8-18(9-7-17)28(25,26)23-12-10-15(11-13-23)20(24)22-14-16-4-2-3-5-19(16)21/h2-9,15H,10-14H2,1H3,(H,22,24). The summed E-state index contributed by atoms with van der Waals surface area (Å²) in [7, 11) is -2.08. The van der Waals surface area contributed by atoms with Gasteiger partial charge in [-0.1, -0.05) is 18.2 Å². The van der Waals surface area contributed by atoms with Gasteiger partial charge in [-0.05, 0) is 43.2 Å². The smallest absolute Gasteiger partial charge is 0.243 e. The Morgan fingerprint density at radius 1 is 1.14 bits per heavy atom. The minimum atomic E-state index is -3.60. The number of amides is 1. The third-order valence-electron chi connectivity index (χ3n) is 4.93. The van der Waals surface area contributed by atoms with Crippen LogP contribution in [0.1, 0.15) is 18.4 Å². The van der Waals surface area contributed by atoms with Crippen LogP contribution >= 0.6 is 0 Å². The van der Waals surface area contributed by atoms with E-state index in [-0.39, 0.29) is 42.2 Å². The molecule has 0 atom stereocenters. The van der Waals surface area contributed by atoms with Crippen molar-refractivity contribution in [3.8, 4) is 5.75 Å². The number of benzene rings is 2. The number of hydrogen-bond donors (Lipinski definition) is 1. The van der Waals surface area contributed by atoms with Gasteiger partial charge < -0.3 is 10.1 Å². The number of nitrogens with zero attached hydrogens (tertiary/aromatic N) is 1. The lowest BCUT2D eigenvalue weighted by Crippen LogP contribution is -2.42. The molecule has 1 saturated heterocycles. The molecule has 150 valence electrons. The lowest BCUT2D eigenvalue weighted by Gasteiger charge is -2.30. The Balaban J connectivity index is 1.55. The monoisotopic (exact) mass is 406 g/mol. The molecule has 1 fully saturated rings. The number of piperidine rings is 1. The van der Waals surface area contributed by atoms with Crippen LogP contribution in [0.3, 0.4) is 0 Å². The SMILES string of the molecule is COc1ccc(S(=O)(=O)N2CCC(C(=O)NCc3ccccc3F)CC2)cc1. The van der Waals surface area contributed by atoms with Gasteiger partial charge in [-0.25, -0.2) is 12.8 Å². The maximum Gasteiger partial charge on any atom is 0.243 e. The van der Waals surface area contributed by atoms with Crippen LogP contribution < -0.4 is 10.1 Å². The zero-order valence-electron chi connectivity index (χ0n) is 15.6. The van der Waals surface area contributed by atoms with E-state index < -0.39 is 10.0 Å². The summed E-state index contributed by atoms with van der Waals surface area (Å²) in [6.07, 6.45) is 0.858. The van der Waals surface area contributed by atoms with Crippen LogP contribution in [0.4, 0.5) is 4.39 Å². The molecule has 0 saturated carbocycles. The molecule has 1 amide bonds. The summed E-state index contributed by atoms with van der Waals surface area (Å²) in [5.41, 5.74) is 0.426. The second-order valence-electron chi connectivity index (χ2n) is 6.66. The van der Waals surface area contributed by atoms with Gasteiger partial charge in [-0.15, -0.1) is 0 Å². The van der Waals surface area contributed by atoms with Gasteiger partial charge in [0.1, 0.15) is 11.6 Å². The van der Waals surface area contributed by atoms with Crippen LogP contribution in [0.25, 0.3) is 0 Å². The van der Waals surface area contributed by atoms with Gasteiger partial charge in [0, 0.05) is 31.1 Å².